The van der Waals surface area contributed by atoms with Gasteiger partial charge in [0.15, 0.2) is 5.11 Å². The zero-order valence-corrected chi connectivity index (χ0v) is 18.5. The third-order valence-corrected chi connectivity index (χ3v) is 4.82. The summed E-state index contributed by atoms with van der Waals surface area (Å²) in [6, 6.07) is 7.67. The molecule has 2 amide bonds. The predicted molar refractivity (Wildman–Crippen MR) is 116 cm³/mol. The maximum absolute atomic E-state index is 14.5. The van der Waals surface area contributed by atoms with E-state index in [1.807, 2.05) is 0 Å². The number of benzene rings is 2. The van der Waals surface area contributed by atoms with Gasteiger partial charge in [0.1, 0.15) is 12.5 Å². The smallest absolute Gasteiger partial charge is 0.364 e. The fourth-order valence-electron chi connectivity index (χ4n) is 2.91. The quantitative estimate of drug-likeness (QED) is 0.396. The van der Waals surface area contributed by atoms with Crippen LogP contribution in [-0.2, 0) is 15.7 Å². The molecule has 33 heavy (non-hydrogen) atoms. The Labute approximate surface area is 192 Å². The Morgan fingerprint density at radius 1 is 1.18 bits per heavy atom. The Morgan fingerprint density at radius 3 is 2.30 bits per heavy atom. The number of thiocarbonyl (C=S) groups is 1. The third-order valence-electron chi connectivity index (χ3n) is 4.42. The van der Waals surface area contributed by atoms with Gasteiger partial charge in [-0.1, -0.05) is 0 Å². The zero-order chi connectivity index (χ0) is 24.9. The van der Waals surface area contributed by atoms with Crippen LogP contribution in [0.2, 0.25) is 0 Å². The number of ether oxygens (including phenoxy) is 1. The van der Waals surface area contributed by atoms with Crippen molar-refractivity contribution in [2.24, 2.45) is 0 Å². The molecule has 174 valence electrons. The van der Waals surface area contributed by atoms with E-state index in [4.69, 9.17) is 22.2 Å². The van der Waals surface area contributed by atoms with Crippen LogP contribution in [0, 0.1) is 17.1 Å². The van der Waals surface area contributed by atoms with Crippen molar-refractivity contribution in [3.05, 3.63) is 58.9 Å². The van der Waals surface area contributed by atoms with Crippen LogP contribution in [0.4, 0.5) is 28.9 Å². The molecule has 0 spiro atoms. The van der Waals surface area contributed by atoms with Crippen LogP contribution in [0.5, 0.6) is 0 Å². The molecule has 0 radical (unpaired) electrons. The Balaban J connectivity index is 2.57. The van der Waals surface area contributed by atoms with Gasteiger partial charge in [0.25, 0.3) is 5.91 Å². The number of nitriles is 1. The maximum atomic E-state index is 14.5. The van der Waals surface area contributed by atoms with Crippen LogP contribution >= 0.6 is 12.2 Å². The van der Waals surface area contributed by atoms with E-state index >= 15 is 0 Å². The second-order valence-corrected chi connectivity index (χ2v) is 6.93. The topological polar surface area (TPSA) is 85.7 Å². The molecule has 0 atom stereocenters. The van der Waals surface area contributed by atoms with Crippen LogP contribution in [0.3, 0.4) is 0 Å². The minimum Gasteiger partial charge on any atom is -0.364 e. The van der Waals surface area contributed by atoms with Gasteiger partial charge in [-0.15, -0.1) is 0 Å². The van der Waals surface area contributed by atoms with Gasteiger partial charge in [0, 0.05) is 26.8 Å². The van der Waals surface area contributed by atoms with E-state index in [2.05, 4.69) is 5.32 Å². The second-order valence-electron chi connectivity index (χ2n) is 6.57. The number of amides is 2. The van der Waals surface area contributed by atoms with Crippen molar-refractivity contribution in [1.29, 1.82) is 5.26 Å². The average Bonchev–Trinajstić information content (AvgIpc) is 2.76. The van der Waals surface area contributed by atoms with Gasteiger partial charge in [-0.3, -0.25) is 19.4 Å². The summed E-state index contributed by atoms with van der Waals surface area (Å²) in [6.45, 7) is 0.793. The first-order chi connectivity index (χ1) is 15.5. The van der Waals surface area contributed by atoms with Crippen molar-refractivity contribution < 1.29 is 31.9 Å². The van der Waals surface area contributed by atoms with Crippen LogP contribution < -0.4 is 15.1 Å². The number of carbonyl (C=O) groups excluding carboxylic acids is 2. The van der Waals surface area contributed by atoms with E-state index in [-0.39, 0.29) is 28.8 Å². The van der Waals surface area contributed by atoms with Gasteiger partial charge in [-0.25, -0.2) is 4.39 Å². The van der Waals surface area contributed by atoms with E-state index < -0.39 is 34.9 Å². The zero-order valence-electron chi connectivity index (χ0n) is 17.7. The number of nitrogens with zero attached hydrogens (tertiary/aromatic N) is 3. The number of hydrogen-bond donors (Lipinski definition) is 1. The molecule has 1 N–H and O–H groups in total. The van der Waals surface area contributed by atoms with E-state index in [0.29, 0.717) is 6.07 Å². The summed E-state index contributed by atoms with van der Waals surface area (Å²) in [5.41, 5.74) is -2.27. The van der Waals surface area contributed by atoms with E-state index in [0.717, 1.165) is 30.0 Å². The highest BCUT2D eigenvalue weighted by Gasteiger charge is 2.35. The van der Waals surface area contributed by atoms with E-state index in [1.54, 1.807) is 0 Å². The number of nitrogens with one attached hydrogen (secondary N) is 1. The molecule has 0 heterocycles. The molecule has 2 aromatic carbocycles. The van der Waals surface area contributed by atoms with Crippen molar-refractivity contribution in [3.63, 3.8) is 0 Å². The maximum Gasteiger partial charge on any atom is 0.417 e. The first kappa shape index (κ1) is 25.7. The van der Waals surface area contributed by atoms with Crippen LogP contribution in [0.25, 0.3) is 0 Å². The molecule has 2 rings (SSSR count). The standard InChI is InChI=1S/C21H18F4N4O3S/c1-12(30)29(15-5-4-13(10-26)17(8-15)21(23,24)25)20(33)28(11-32-3)14-6-7-16(18(22)9-14)19(31)27-2/h4-9H,11H2,1-3H3,(H,27,31). The van der Waals surface area contributed by atoms with Gasteiger partial charge in [0.05, 0.1) is 28.4 Å². The Hall–Kier alpha value is -3.56. The van der Waals surface area contributed by atoms with Crippen molar-refractivity contribution in [1.82, 2.24) is 5.32 Å². The van der Waals surface area contributed by atoms with Crippen molar-refractivity contribution >= 4 is 40.5 Å². The first-order valence-electron chi connectivity index (χ1n) is 9.20. The summed E-state index contributed by atoms with van der Waals surface area (Å²) in [5, 5.41) is 11.0. The van der Waals surface area contributed by atoms with Gasteiger partial charge in [-0.05, 0) is 48.6 Å². The Kier molecular flexibility index (Phi) is 8.08. The number of methoxy groups -OCH3 is 1. The molecular formula is C21H18F4N4O3S. The molecular weight excluding hydrogens is 464 g/mol. The molecule has 0 aliphatic heterocycles. The van der Waals surface area contributed by atoms with Gasteiger partial charge in [0.2, 0.25) is 5.91 Å². The number of hydrogen-bond acceptors (Lipinski definition) is 5. The first-order valence-corrected chi connectivity index (χ1v) is 9.61. The van der Waals surface area contributed by atoms with Crippen LogP contribution in [0.1, 0.15) is 28.4 Å². The number of carbonyl (C=O) groups is 2. The summed E-state index contributed by atoms with van der Waals surface area (Å²) in [5.74, 6) is -2.29. The largest absolute Gasteiger partial charge is 0.417 e. The van der Waals surface area contributed by atoms with Crippen molar-refractivity contribution in [3.8, 4) is 6.07 Å². The predicted octanol–water partition coefficient (Wildman–Crippen LogP) is 3.82. The molecule has 0 saturated carbocycles. The van der Waals surface area contributed by atoms with Crippen molar-refractivity contribution in [2.45, 2.75) is 13.1 Å². The molecule has 7 nitrogen and oxygen atoms in total. The van der Waals surface area contributed by atoms with E-state index in [9.17, 15) is 27.2 Å². The monoisotopic (exact) mass is 482 g/mol. The van der Waals surface area contributed by atoms with Gasteiger partial charge < -0.3 is 10.1 Å². The molecule has 12 heteroatoms. The highest BCUT2D eigenvalue weighted by Crippen LogP contribution is 2.35. The SMILES string of the molecule is CNC(=O)c1ccc(N(COC)C(=S)N(C(C)=O)c2ccc(C#N)c(C(F)(F)F)c2)cc1F. The normalized spacial score (nSPS) is 10.8. The molecule has 0 bridgehead atoms. The average molecular weight is 482 g/mol. The minimum absolute atomic E-state index is 0.0861. The van der Waals surface area contributed by atoms with Gasteiger partial charge in [-0.2, -0.15) is 18.4 Å². The number of alkyl halides is 3. The highest BCUT2D eigenvalue weighted by molar-refractivity contribution is 7.81. The molecule has 0 aliphatic carbocycles. The third kappa shape index (κ3) is 5.63. The summed E-state index contributed by atoms with van der Waals surface area (Å²) >= 11 is 5.35. The fraction of sp³-hybridized carbons (Fsp3) is 0.238. The summed E-state index contributed by atoms with van der Waals surface area (Å²) < 4.78 is 59.8. The lowest BCUT2D eigenvalue weighted by molar-refractivity contribution is -0.137. The number of anilines is 2. The molecule has 2 aromatic rings. The lowest BCUT2D eigenvalue weighted by Crippen LogP contribution is -2.46. The number of halogens is 4. The molecule has 0 aromatic heterocycles. The highest BCUT2D eigenvalue weighted by atomic mass is 32.1. The minimum atomic E-state index is -4.85. The Morgan fingerprint density at radius 2 is 1.82 bits per heavy atom. The second kappa shape index (κ2) is 10.4. The number of rotatable bonds is 5. The summed E-state index contributed by atoms with van der Waals surface area (Å²) in [6.07, 6.45) is -4.85. The van der Waals surface area contributed by atoms with Crippen molar-refractivity contribution in [2.75, 3.05) is 30.7 Å². The van der Waals surface area contributed by atoms with Crippen LogP contribution in [-0.4, -0.2) is 37.8 Å². The molecule has 0 saturated heterocycles. The summed E-state index contributed by atoms with van der Waals surface area (Å²) in [7, 11) is 2.63. The van der Waals surface area contributed by atoms with Crippen LogP contribution in [0.15, 0.2) is 36.4 Å². The molecule has 0 aliphatic rings. The summed E-state index contributed by atoms with van der Waals surface area (Å²) in [4.78, 5) is 26.1. The fourth-order valence-corrected chi connectivity index (χ4v) is 3.30. The molecule has 0 fully saturated rings. The lowest BCUT2D eigenvalue weighted by atomic mass is 10.1. The molecule has 0 unspecified atom stereocenters. The van der Waals surface area contributed by atoms with Gasteiger partial charge >= 0.3 is 6.18 Å². The Bertz CT molecular complexity index is 1130. The lowest BCUT2D eigenvalue weighted by Gasteiger charge is -2.32. The van der Waals surface area contributed by atoms with E-state index in [1.165, 1.54) is 37.3 Å².